The van der Waals surface area contributed by atoms with Crippen LogP contribution in [-0.4, -0.2) is 18.7 Å². The quantitative estimate of drug-likeness (QED) is 0.714. The van der Waals surface area contributed by atoms with Gasteiger partial charge in [-0.05, 0) is 35.9 Å². The molecule has 20 heavy (non-hydrogen) atoms. The zero-order valence-corrected chi connectivity index (χ0v) is 11.0. The number of hydrogen-bond donors (Lipinski definition) is 0. The van der Waals surface area contributed by atoms with Gasteiger partial charge in [-0.2, -0.15) is 0 Å². The molecule has 1 aliphatic carbocycles. The summed E-state index contributed by atoms with van der Waals surface area (Å²) >= 11 is 0. The minimum atomic E-state index is -0.149. The number of rotatable bonds is 2. The average molecular weight is 264 g/mol. The first-order valence-corrected chi connectivity index (χ1v) is 6.19. The molecule has 0 aromatic heterocycles. The molecule has 3 heteroatoms. The molecule has 2 aromatic rings. The maximum atomic E-state index is 12.5. The van der Waals surface area contributed by atoms with E-state index in [0.29, 0.717) is 28.0 Å². The Bertz CT molecular complexity index is 757. The molecule has 3 nitrogen and oxygen atoms in total. The van der Waals surface area contributed by atoms with Crippen molar-refractivity contribution in [2.45, 2.75) is 0 Å². The van der Waals surface area contributed by atoms with Crippen molar-refractivity contribution in [1.29, 1.82) is 0 Å². The molecule has 0 atom stereocenters. The topological polar surface area (TPSA) is 43.4 Å². The van der Waals surface area contributed by atoms with Gasteiger partial charge in [0, 0.05) is 22.3 Å². The van der Waals surface area contributed by atoms with Crippen molar-refractivity contribution in [2.75, 3.05) is 7.11 Å². The highest BCUT2D eigenvalue weighted by molar-refractivity contribution is 6.28. The van der Waals surface area contributed by atoms with Crippen LogP contribution in [0.25, 0.3) is 6.08 Å². The van der Waals surface area contributed by atoms with Gasteiger partial charge in [-0.3, -0.25) is 9.59 Å². The molecule has 0 saturated carbocycles. The largest absolute Gasteiger partial charge is 0.497 e. The third-order valence-corrected chi connectivity index (χ3v) is 3.48. The Labute approximate surface area is 116 Å². The van der Waals surface area contributed by atoms with Crippen LogP contribution in [0.1, 0.15) is 37.4 Å². The number of fused-ring (bicyclic) bond motifs is 2. The monoisotopic (exact) mass is 264 g/mol. The second-order valence-corrected chi connectivity index (χ2v) is 4.58. The van der Waals surface area contributed by atoms with E-state index < -0.39 is 0 Å². The van der Waals surface area contributed by atoms with E-state index in [1.807, 2.05) is 0 Å². The van der Waals surface area contributed by atoms with Crippen LogP contribution in [-0.2, 0) is 0 Å². The normalized spacial score (nSPS) is 12.7. The average Bonchev–Trinajstić information content (AvgIpc) is 2.51. The van der Waals surface area contributed by atoms with E-state index in [4.69, 9.17) is 4.74 Å². The highest BCUT2D eigenvalue weighted by Gasteiger charge is 2.29. The lowest BCUT2D eigenvalue weighted by Gasteiger charge is -2.18. The number of ketones is 2. The fraction of sp³-hybridized carbons (Fsp3) is 0.0588. The van der Waals surface area contributed by atoms with Crippen molar-refractivity contribution in [1.82, 2.24) is 0 Å². The second kappa shape index (κ2) is 4.46. The Balaban J connectivity index is 2.24. The molecule has 0 unspecified atom stereocenters. The van der Waals surface area contributed by atoms with Crippen LogP contribution in [0.3, 0.4) is 0 Å². The third-order valence-electron chi connectivity index (χ3n) is 3.48. The number of benzene rings is 2. The van der Waals surface area contributed by atoms with Gasteiger partial charge >= 0.3 is 0 Å². The number of ether oxygens (including phenoxy) is 1. The molecule has 1 aliphatic rings. The predicted octanol–water partition coefficient (Wildman–Crippen LogP) is 3.11. The lowest BCUT2D eigenvalue weighted by atomic mass is 9.83. The molecule has 0 fully saturated rings. The summed E-state index contributed by atoms with van der Waals surface area (Å²) in [7, 11) is 1.53. The van der Waals surface area contributed by atoms with Gasteiger partial charge in [0.25, 0.3) is 0 Å². The number of methoxy groups -OCH3 is 1. The Morgan fingerprint density at radius 1 is 0.900 bits per heavy atom. The summed E-state index contributed by atoms with van der Waals surface area (Å²) in [5.41, 5.74) is 2.51. The van der Waals surface area contributed by atoms with Crippen LogP contribution in [0.15, 0.2) is 43.0 Å². The highest BCUT2D eigenvalue weighted by atomic mass is 16.5. The van der Waals surface area contributed by atoms with Crippen molar-refractivity contribution < 1.29 is 14.3 Å². The smallest absolute Gasteiger partial charge is 0.194 e. The Hall–Kier alpha value is -2.68. The van der Waals surface area contributed by atoms with E-state index in [9.17, 15) is 9.59 Å². The third kappa shape index (κ3) is 1.67. The molecule has 0 bridgehead atoms. The molecular formula is C17H12O3. The van der Waals surface area contributed by atoms with Crippen molar-refractivity contribution in [3.63, 3.8) is 0 Å². The minimum Gasteiger partial charge on any atom is -0.497 e. The van der Waals surface area contributed by atoms with Gasteiger partial charge in [0.15, 0.2) is 11.6 Å². The molecule has 0 aliphatic heterocycles. The van der Waals surface area contributed by atoms with E-state index in [0.717, 1.165) is 5.56 Å². The van der Waals surface area contributed by atoms with Crippen LogP contribution < -0.4 is 4.74 Å². The maximum Gasteiger partial charge on any atom is 0.194 e. The van der Waals surface area contributed by atoms with E-state index in [-0.39, 0.29) is 11.6 Å². The van der Waals surface area contributed by atoms with Gasteiger partial charge in [-0.25, -0.2) is 0 Å². The molecule has 0 saturated heterocycles. The molecule has 98 valence electrons. The summed E-state index contributed by atoms with van der Waals surface area (Å²) in [6.45, 7) is 3.68. The predicted molar refractivity (Wildman–Crippen MR) is 76.4 cm³/mol. The summed E-state index contributed by atoms with van der Waals surface area (Å²) in [4.78, 5) is 25.0. The molecular weight excluding hydrogens is 252 g/mol. The standard InChI is InChI=1S/C17H12O3/c1-3-10-4-6-12-14(8-10)16(18)13-7-5-11(20-2)9-15(13)17(12)19/h3-9H,1H2,2H3. The van der Waals surface area contributed by atoms with Gasteiger partial charge in [0.1, 0.15) is 5.75 Å². The fourth-order valence-electron chi connectivity index (χ4n) is 2.40. The van der Waals surface area contributed by atoms with Gasteiger partial charge in [0.05, 0.1) is 7.11 Å². The fourth-order valence-corrected chi connectivity index (χ4v) is 2.40. The first-order chi connectivity index (χ1) is 9.65. The number of carbonyl (C=O) groups is 2. The summed E-state index contributed by atoms with van der Waals surface area (Å²) in [6, 6.07) is 10.1. The highest BCUT2D eigenvalue weighted by Crippen LogP contribution is 2.30. The second-order valence-electron chi connectivity index (χ2n) is 4.58. The van der Waals surface area contributed by atoms with Crippen molar-refractivity contribution >= 4 is 17.6 Å². The lowest BCUT2D eigenvalue weighted by Crippen LogP contribution is -2.21. The summed E-state index contributed by atoms with van der Waals surface area (Å²) in [5, 5.41) is 0. The maximum absolute atomic E-state index is 12.5. The van der Waals surface area contributed by atoms with Crippen LogP contribution in [0, 0.1) is 0 Å². The van der Waals surface area contributed by atoms with Gasteiger partial charge < -0.3 is 4.74 Å². The van der Waals surface area contributed by atoms with Crippen LogP contribution in [0.2, 0.25) is 0 Å². The van der Waals surface area contributed by atoms with E-state index >= 15 is 0 Å². The Kier molecular flexibility index (Phi) is 2.75. The van der Waals surface area contributed by atoms with Crippen molar-refractivity contribution in [3.05, 3.63) is 70.8 Å². The van der Waals surface area contributed by atoms with Crippen molar-refractivity contribution in [3.8, 4) is 5.75 Å². The van der Waals surface area contributed by atoms with Gasteiger partial charge in [-0.1, -0.05) is 18.7 Å². The number of hydrogen-bond acceptors (Lipinski definition) is 3. The Morgan fingerprint density at radius 2 is 1.50 bits per heavy atom. The van der Waals surface area contributed by atoms with Crippen LogP contribution >= 0.6 is 0 Å². The molecule has 0 N–H and O–H groups in total. The van der Waals surface area contributed by atoms with Crippen molar-refractivity contribution in [2.24, 2.45) is 0 Å². The lowest BCUT2D eigenvalue weighted by molar-refractivity contribution is 0.0979. The molecule has 0 heterocycles. The SMILES string of the molecule is C=Cc1ccc2c(c1)C(=O)c1ccc(OC)cc1C2=O. The molecule has 0 radical (unpaired) electrons. The summed E-state index contributed by atoms with van der Waals surface area (Å²) in [5.74, 6) is 0.279. The van der Waals surface area contributed by atoms with Gasteiger partial charge in [-0.15, -0.1) is 0 Å². The zero-order valence-electron chi connectivity index (χ0n) is 11.0. The summed E-state index contributed by atoms with van der Waals surface area (Å²) < 4.78 is 5.11. The van der Waals surface area contributed by atoms with Crippen LogP contribution in [0.5, 0.6) is 5.75 Å². The minimum absolute atomic E-state index is 0.138. The van der Waals surface area contributed by atoms with Gasteiger partial charge in [0.2, 0.25) is 0 Å². The number of carbonyl (C=O) groups excluding carboxylic acids is 2. The molecule has 0 amide bonds. The zero-order chi connectivity index (χ0) is 14.3. The molecule has 2 aromatic carbocycles. The van der Waals surface area contributed by atoms with E-state index in [1.54, 1.807) is 42.5 Å². The van der Waals surface area contributed by atoms with E-state index in [1.165, 1.54) is 7.11 Å². The molecule has 0 spiro atoms. The first kappa shape index (κ1) is 12.4. The van der Waals surface area contributed by atoms with E-state index in [2.05, 4.69) is 6.58 Å². The van der Waals surface area contributed by atoms with Crippen LogP contribution in [0.4, 0.5) is 0 Å². The summed E-state index contributed by atoms with van der Waals surface area (Å²) in [6.07, 6.45) is 1.65. The Morgan fingerprint density at radius 3 is 2.10 bits per heavy atom. The first-order valence-electron chi connectivity index (χ1n) is 6.19. The molecule has 3 rings (SSSR count).